The van der Waals surface area contributed by atoms with Crippen molar-refractivity contribution in [3.63, 3.8) is 0 Å². The van der Waals surface area contributed by atoms with Crippen LogP contribution in [0.1, 0.15) is 30.3 Å². The standard InChI is InChI=1S/C21H18F3N3O3S/c1-31-16-8-4-14(5-9-16)19-25-20(30-26-19)17-10-11-18(28)27(17)12-13-2-6-15(7-3-13)29-21(22,23)24/h2-9,17H,10-12H2,1H3. The molecule has 1 unspecified atom stereocenters. The summed E-state index contributed by atoms with van der Waals surface area (Å²) >= 11 is 1.63. The summed E-state index contributed by atoms with van der Waals surface area (Å²) in [6, 6.07) is 12.8. The normalized spacial score (nSPS) is 16.7. The van der Waals surface area contributed by atoms with Crippen LogP contribution < -0.4 is 4.74 Å². The largest absolute Gasteiger partial charge is 0.573 e. The molecule has 1 aliphatic rings. The van der Waals surface area contributed by atoms with Gasteiger partial charge in [0.25, 0.3) is 0 Å². The molecule has 0 radical (unpaired) electrons. The van der Waals surface area contributed by atoms with Crippen LogP contribution in [-0.2, 0) is 11.3 Å². The number of amides is 1. The molecule has 1 amide bonds. The highest BCUT2D eigenvalue weighted by atomic mass is 32.2. The molecule has 6 nitrogen and oxygen atoms in total. The van der Waals surface area contributed by atoms with Crippen molar-refractivity contribution in [1.29, 1.82) is 0 Å². The Morgan fingerprint density at radius 1 is 1.16 bits per heavy atom. The lowest BCUT2D eigenvalue weighted by atomic mass is 10.1. The molecule has 1 aliphatic heterocycles. The Hall–Kier alpha value is -3.01. The van der Waals surface area contributed by atoms with Crippen LogP contribution in [0.3, 0.4) is 0 Å². The van der Waals surface area contributed by atoms with Gasteiger partial charge in [0.15, 0.2) is 0 Å². The van der Waals surface area contributed by atoms with Crippen LogP contribution >= 0.6 is 11.8 Å². The fourth-order valence-corrected chi connectivity index (χ4v) is 3.82. The molecular formula is C21H18F3N3O3S. The summed E-state index contributed by atoms with van der Waals surface area (Å²) in [5.74, 6) is 0.390. The molecule has 1 fully saturated rings. The lowest BCUT2D eigenvalue weighted by Gasteiger charge is -2.22. The van der Waals surface area contributed by atoms with E-state index < -0.39 is 6.36 Å². The summed E-state index contributed by atoms with van der Waals surface area (Å²) in [7, 11) is 0. The molecule has 31 heavy (non-hydrogen) atoms. The SMILES string of the molecule is CSc1ccc(-c2noc(C3CCC(=O)N3Cc3ccc(OC(F)(F)F)cc3)n2)cc1. The Morgan fingerprint density at radius 2 is 1.87 bits per heavy atom. The van der Waals surface area contributed by atoms with Crippen molar-refractivity contribution >= 4 is 17.7 Å². The number of aromatic nitrogens is 2. The number of halogens is 3. The maximum atomic E-state index is 12.4. The second-order valence-corrected chi connectivity index (χ2v) is 7.83. The predicted octanol–water partition coefficient (Wildman–Crippen LogP) is 5.22. The number of rotatable bonds is 6. The van der Waals surface area contributed by atoms with Gasteiger partial charge in [-0.05, 0) is 54.6 Å². The van der Waals surface area contributed by atoms with Gasteiger partial charge in [-0.25, -0.2) is 0 Å². The Kier molecular flexibility index (Phi) is 5.90. The van der Waals surface area contributed by atoms with Crippen molar-refractivity contribution in [3.8, 4) is 17.1 Å². The first-order valence-electron chi connectivity index (χ1n) is 9.44. The van der Waals surface area contributed by atoms with Crippen molar-refractivity contribution in [3.05, 3.63) is 60.0 Å². The molecule has 2 heterocycles. The highest BCUT2D eigenvalue weighted by Gasteiger charge is 2.36. The molecule has 0 N–H and O–H groups in total. The summed E-state index contributed by atoms with van der Waals surface area (Å²) in [6.45, 7) is 0.218. The van der Waals surface area contributed by atoms with E-state index >= 15 is 0 Å². The van der Waals surface area contributed by atoms with Gasteiger partial charge in [-0.15, -0.1) is 24.9 Å². The third-order valence-corrected chi connectivity index (χ3v) is 5.66. The zero-order valence-electron chi connectivity index (χ0n) is 16.4. The third kappa shape index (κ3) is 5.01. The predicted molar refractivity (Wildman–Crippen MR) is 107 cm³/mol. The van der Waals surface area contributed by atoms with Gasteiger partial charge in [0.1, 0.15) is 11.8 Å². The van der Waals surface area contributed by atoms with E-state index in [2.05, 4.69) is 14.9 Å². The van der Waals surface area contributed by atoms with E-state index in [-0.39, 0.29) is 24.2 Å². The maximum Gasteiger partial charge on any atom is 0.573 e. The highest BCUT2D eigenvalue weighted by Crippen LogP contribution is 2.34. The smallest absolute Gasteiger partial charge is 0.406 e. The first-order valence-corrected chi connectivity index (χ1v) is 10.7. The molecule has 4 rings (SSSR count). The Bertz CT molecular complexity index is 1050. The molecular weight excluding hydrogens is 431 g/mol. The quantitative estimate of drug-likeness (QED) is 0.481. The van der Waals surface area contributed by atoms with Crippen LogP contribution in [0.25, 0.3) is 11.4 Å². The summed E-state index contributed by atoms with van der Waals surface area (Å²) < 4.78 is 46.3. The summed E-state index contributed by atoms with van der Waals surface area (Å²) in [5.41, 5.74) is 1.48. The van der Waals surface area contributed by atoms with Gasteiger partial charge in [0, 0.05) is 23.4 Å². The van der Waals surface area contributed by atoms with E-state index in [1.165, 1.54) is 24.3 Å². The highest BCUT2D eigenvalue weighted by molar-refractivity contribution is 7.98. The fourth-order valence-electron chi connectivity index (χ4n) is 3.41. The van der Waals surface area contributed by atoms with Crippen LogP contribution in [0.4, 0.5) is 13.2 Å². The van der Waals surface area contributed by atoms with E-state index in [0.29, 0.717) is 30.1 Å². The van der Waals surface area contributed by atoms with Crippen LogP contribution in [0, 0.1) is 0 Å². The summed E-state index contributed by atoms with van der Waals surface area (Å²) in [6.07, 6.45) is -1.89. The van der Waals surface area contributed by atoms with E-state index in [1.54, 1.807) is 16.7 Å². The van der Waals surface area contributed by atoms with Gasteiger partial charge in [-0.3, -0.25) is 4.79 Å². The molecule has 3 aromatic rings. The van der Waals surface area contributed by atoms with Crippen molar-refractivity contribution < 1.29 is 27.2 Å². The Morgan fingerprint density at radius 3 is 2.52 bits per heavy atom. The summed E-state index contributed by atoms with van der Waals surface area (Å²) in [5, 5.41) is 4.04. The number of carbonyl (C=O) groups is 1. The molecule has 2 aromatic carbocycles. The zero-order chi connectivity index (χ0) is 22.0. The van der Waals surface area contributed by atoms with Crippen molar-refractivity contribution in [2.45, 2.75) is 36.7 Å². The first-order chi connectivity index (χ1) is 14.8. The molecule has 0 bridgehead atoms. The number of likely N-dealkylation sites (tertiary alicyclic amines) is 1. The fraction of sp³-hybridized carbons (Fsp3) is 0.286. The lowest BCUT2D eigenvalue weighted by Crippen LogP contribution is -2.27. The van der Waals surface area contributed by atoms with E-state index in [1.807, 2.05) is 30.5 Å². The first kappa shape index (κ1) is 21.2. The number of alkyl halides is 3. The van der Waals surface area contributed by atoms with Gasteiger partial charge in [0.2, 0.25) is 17.6 Å². The van der Waals surface area contributed by atoms with Crippen molar-refractivity contribution in [1.82, 2.24) is 15.0 Å². The molecule has 10 heteroatoms. The number of thioether (sulfide) groups is 1. The molecule has 1 atom stereocenters. The van der Waals surface area contributed by atoms with E-state index in [0.717, 1.165) is 10.5 Å². The number of hydrogen-bond acceptors (Lipinski definition) is 6. The van der Waals surface area contributed by atoms with Gasteiger partial charge in [0.05, 0.1) is 0 Å². The van der Waals surface area contributed by atoms with E-state index in [9.17, 15) is 18.0 Å². The van der Waals surface area contributed by atoms with E-state index in [4.69, 9.17) is 4.52 Å². The molecule has 0 aliphatic carbocycles. The molecule has 1 saturated heterocycles. The minimum Gasteiger partial charge on any atom is -0.406 e. The van der Waals surface area contributed by atoms with Crippen molar-refractivity contribution in [2.24, 2.45) is 0 Å². The second kappa shape index (κ2) is 8.62. The van der Waals surface area contributed by atoms with Crippen LogP contribution in [0.15, 0.2) is 57.9 Å². The monoisotopic (exact) mass is 449 g/mol. The number of benzene rings is 2. The third-order valence-electron chi connectivity index (χ3n) is 4.91. The van der Waals surface area contributed by atoms with Crippen LogP contribution in [-0.4, -0.2) is 33.6 Å². The van der Waals surface area contributed by atoms with Crippen molar-refractivity contribution in [2.75, 3.05) is 6.26 Å². The maximum absolute atomic E-state index is 12.4. The number of nitrogens with zero attached hydrogens (tertiary/aromatic N) is 3. The zero-order valence-corrected chi connectivity index (χ0v) is 17.2. The van der Waals surface area contributed by atoms with Gasteiger partial charge in [-0.2, -0.15) is 4.98 Å². The number of hydrogen-bond donors (Lipinski definition) is 0. The molecule has 162 valence electrons. The molecule has 0 spiro atoms. The topological polar surface area (TPSA) is 68.5 Å². The average Bonchev–Trinajstić information content (AvgIpc) is 3.36. The second-order valence-electron chi connectivity index (χ2n) is 6.95. The Labute approximate surface area is 180 Å². The van der Waals surface area contributed by atoms with Gasteiger partial charge < -0.3 is 14.2 Å². The van der Waals surface area contributed by atoms with Crippen LogP contribution in [0.5, 0.6) is 5.75 Å². The minimum absolute atomic E-state index is 0.0790. The van der Waals surface area contributed by atoms with Crippen LogP contribution in [0.2, 0.25) is 0 Å². The Balaban J connectivity index is 1.49. The minimum atomic E-state index is -4.75. The number of ether oxygens (including phenoxy) is 1. The van der Waals surface area contributed by atoms with Gasteiger partial charge >= 0.3 is 6.36 Å². The summed E-state index contributed by atoms with van der Waals surface area (Å²) in [4.78, 5) is 19.6. The molecule has 0 saturated carbocycles. The lowest BCUT2D eigenvalue weighted by molar-refractivity contribution is -0.274. The number of carbonyl (C=O) groups excluding carboxylic acids is 1. The van der Waals surface area contributed by atoms with Gasteiger partial charge in [-0.1, -0.05) is 17.3 Å². The molecule has 1 aromatic heterocycles. The average molecular weight is 449 g/mol.